The SMILES string of the molecule is CCCCCCC(CCC)C(=O)OC/C(=C(\C(=O)O)c1ccc(F)c(F)c1)c1ccc(S(C)(=O)=O)cc1. The minimum absolute atomic E-state index is 0.0207. The van der Waals surface area contributed by atoms with Crippen molar-refractivity contribution in [3.05, 3.63) is 65.2 Å². The third-order valence-corrected chi connectivity index (χ3v) is 7.22. The van der Waals surface area contributed by atoms with E-state index in [2.05, 4.69) is 6.92 Å². The van der Waals surface area contributed by atoms with E-state index >= 15 is 0 Å². The summed E-state index contributed by atoms with van der Waals surface area (Å²) in [5.41, 5.74) is -0.187. The van der Waals surface area contributed by atoms with Crippen LogP contribution in [0.5, 0.6) is 0 Å². The molecule has 2 aromatic carbocycles. The van der Waals surface area contributed by atoms with E-state index in [4.69, 9.17) is 4.74 Å². The van der Waals surface area contributed by atoms with Crippen LogP contribution in [0.4, 0.5) is 8.78 Å². The highest BCUT2D eigenvalue weighted by molar-refractivity contribution is 7.90. The van der Waals surface area contributed by atoms with Gasteiger partial charge >= 0.3 is 11.9 Å². The van der Waals surface area contributed by atoms with Gasteiger partial charge in [-0.25, -0.2) is 22.0 Å². The number of halogens is 2. The molecular formula is C28H34F2O6S. The molecule has 0 fully saturated rings. The van der Waals surface area contributed by atoms with Crippen LogP contribution < -0.4 is 0 Å². The largest absolute Gasteiger partial charge is 0.478 e. The van der Waals surface area contributed by atoms with Crippen LogP contribution in [0.3, 0.4) is 0 Å². The first-order valence-electron chi connectivity index (χ1n) is 12.4. The van der Waals surface area contributed by atoms with Gasteiger partial charge in [-0.3, -0.25) is 4.79 Å². The number of ether oxygens (including phenoxy) is 1. The number of esters is 1. The molecule has 2 rings (SSSR count). The number of rotatable bonds is 14. The minimum Gasteiger partial charge on any atom is -0.478 e. The molecule has 0 radical (unpaired) electrons. The van der Waals surface area contributed by atoms with E-state index in [0.29, 0.717) is 12.8 Å². The summed E-state index contributed by atoms with van der Waals surface area (Å²) in [6, 6.07) is 8.13. The van der Waals surface area contributed by atoms with Gasteiger partial charge in [0.1, 0.15) is 6.61 Å². The standard InChI is InChI=1S/C28H34F2O6S/c1-4-6-7-8-10-20(9-5-2)28(33)36-18-23(19-11-14-22(15-12-19)37(3,34)35)26(27(31)32)21-13-16-24(29)25(30)17-21/h11-17,20H,4-10,18H2,1-3H3,(H,31,32)/b26-23+. The molecular weight excluding hydrogens is 502 g/mol. The summed E-state index contributed by atoms with van der Waals surface area (Å²) in [5.74, 6) is -4.60. The van der Waals surface area contributed by atoms with Gasteiger partial charge in [-0.1, -0.05) is 64.2 Å². The summed E-state index contributed by atoms with van der Waals surface area (Å²) in [7, 11) is -3.51. The minimum atomic E-state index is -3.51. The Bertz CT molecular complexity index is 1220. The Balaban J connectivity index is 2.49. The molecule has 6 nitrogen and oxygen atoms in total. The summed E-state index contributed by atoms with van der Waals surface area (Å²) in [4.78, 5) is 25.3. The molecule has 0 bridgehead atoms. The fourth-order valence-corrected chi connectivity index (χ4v) is 4.72. The number of sulfone groups is 1. The van der Waals surface area contributed by atoms with Crippen molar-refractivity contribution >= 4 is 32.9 Å². The van der Waals surface area contributed by atoms with Crippen LogP contribution >= 0.6 is 0 Å². The molecule has 0 spiro atoms. The third kappa shape index (κ3) is 8.77. The molecule has 1 unspecified atom stereocenters. The topological polar surface area (TPSA) is 97.7 Å². The first kappa shape index (κ1) is 30.2. The van der Waals surface area contributed by atoms with Gasteiger partial charge in [0.15, 0.2) is 21.5 Å². The van der Waals surface area contributed by atoms with Crippen molar-refractivity contribution < 1.29 is 36.6 Å². The summed E-state index contributed by atoms with van der Waals surface area (Å²) >= 11 is 0. The Morgan fingerprint density at radius 2 is 1.54 bits per heavy atom. The van der Waals surface area contributed by atoms with Gasteiger partial charge in [-0.15, -0.1) is 0 Å². The van der Waals surface area contributed by atoms with Crippen molar-refractivity contribution in [1.29, 1.82) is 0 Å². The molecule has 0 saturated carbocycles. The van der Waals surface area contributed by atoms with Gasteiger partial charge in [-0.2, -0.15) is 0 Å². The predicted octanol–water partition coefficient (Wildman–Crippen LogP) is 6.29. The monoisotopic (exact) mass is 536 g/mol. The van der Waals surface area contributed by atoms with Gasteiger partial charge in [0.05, 0.1) is 16.4 Å². The normalized spacial score (nSPS) is 13.1. The molecule has 1 atom stereocenters. The molecule has 0 aliphatic rings. The zero-order chi connectivity index (χ0) is 27.6. The molecule has 2 aromatic rings. The Kier molecular flexibility index (Phi) is 11.4. The second-order valence-corrected chi connectivity index (χ2v) is 11.0. The van der Waals surface area contributed by atoms with Gasteiger partial charge in [-0.05, 0) is 48.2 Å². The smallest absolute Gasteiger partial charge is 0.336 e. The highest BCUT2D eigenvalue weighted by atomic mass is 32.2. The quantitative estimate of drug-likeness (QED) is 0.132. The average Bonchev–Trinajstić information content (AvgIpc) is 2.84. The number of carbonyl (C=O) groups excluding carboxylic acids is 1. The van der Waals surface area contributed by atoms with Crippen molar-refractivity contribution in [3.63, 3.8) is 0 Å². The molecule has 0 aliphatic carbocycles. The molecule has 1 N–H and O–H groups in total. The van der Waals surface area contributed by atoms with E-state index in [-0.39, 0.29) is 33.1 Å². The number of hydrogen-bond acceptors (Lipinski definition) is 5. The van der Waals surface area contributed by atoms with Crippen LogP contribution in [0.1, 0.15) is 69.9 Å². The lowest BCUT2D eigenvalue weighted by atomic mass is 9.94. The number of carboxylic acids is 1. The molecule has 9 heteroatoms. The van der Waals surface area contributed by atoms with Crippen LogP contribution in [-0.2, 0) is 24.2 Å². The number of hydrogen-bond donors (Lipinski definition) is 1. The first-order chi connectivity index (χ1) is 17.5. The molecule has 37 heavy (non-hydrogen) atoms. The van der Waals surface area contributed by atoms with Gasteiger partial charge in [0.2, 0.25) is 0 Å². The Hall–Kier alpha value is -3.07. The van der Waals surface area contributed by atoms with Crippen molar-refractivity contribution in [3.8, 4) is 0 Å². The maximum absolute atomic E-state index is 14.0. The van der Waals surface area contributed by atoms with Crippen LogP contribution in [-0.4, -0.2) is 38.3 Å². The van der Waals surface area contributed by atoms with Crippen LogP contribution in [0.2, 0.25) is 0 Å². The highest BCUT2D eigenvalue weighted by Crippen LogP contribution is 2.30. The predicted molar refractivity (Wildman–Crippen MR) is 138 cm³/mol. The Morgan fingerprint density at radius 3 is 2.08 bits per heavy atom. The molecule has 0 aliphatic heterocycles. The van der Waals surface area contributed by atoms with E-state index in [1.54, 1.807) is 0 Å². The zero-order valence-electron chi connectivity index (χ0n) is 21.4. The first-order valence-corrected chi connectivity index (χ1v) is 14.3. The molecule has 0 saturated heterocycles. The second kappa shape index (κ2) is 14.0. The summed E-state index contributed by atoms with van der Waals surface area (Å²) in [5, 5.41) is 10.0. The summed E-state index contributed by atoms with van der Waals surface area (Å²) in [6.45, 7) is 3.63. The van der Waals surface area contributed by atoms with Crippen molar-refractivity contribution in [2.75, 3.05) is 12.9 Å². The second-order valence-electron chi connectivity index (χ2n) is 9.03. The Morgan fingerprint density at radius 1 is 0.892 bits per heavy atom. The van der Waals surface area contributed by atoms with E-state index in [0.717, 1.165) is 56.6 Å². The lowest BCUT2D eigenvalue weighted by Gasteiger charge is -2.18. The van der Waals surface area contributed by atoms with E-state index in [1.165, 1.54) is 24.3 Å². The molecule has 202 valence electrons. The van der Waals surface area contributed by atoms with Crippen molar-refractivity contribution in [1.82, 2.24) is 0 Å². The van der Waals surface area contributed by atoms with Crippen LogP contribution in [0, 0.1) is 17.6 Å². The van der Waals surface area contributed by atoms with Crippen molar-refractivity contribution in [2.45, 2.75) is 63.7 Å². The van der Waals surface area contributed by atoms with E-state index < -0.39 is 40.0 Å². The van der Waals surface area contributed by atoms with Crippen LogP contribution in [0.25, 0.3) is 11.1 Å². The fraction of sp³-hybridized carbons (Fsp3) is 0.429. The van der Waals surface area contributed by atoms with Gasteiger partial charge in [0.25, 0.3) is 0 Å². The summed E-state index contributed by atoms with van der Waals surface area (Å²) in [6.07, 6.45) is 7.11. The van der Waals surface area contributed by atoms with Gasteiger partial charge < -0.3 is 9.84 Å². The molecule has 0 heterocycles. The highest BCUT2D eigenvalue weighted by Gasteiger charge is 2.24. The number of aliphatic carboxylic acids is 1. The van der Waals surface area contributed by atoms with Crippen LogP contribution in [0.15, 0.2) is 47.4 Å². The lowest BCUT2D eigenvalue weighted by molar-refractivity contribution is -0.147. The lowest BCUT2D eigenvalue weighted by Crippen LogP contribution is -2.20. The summed E-state index contributed by atoms with van der Waals surface area (Å²) < 4.78 is 56.9. The fourth-order valence-electron chi connectivity index (χ4n) is 4.09. The van der Waals surface area contributed by atoms with Crippen molar-refractivity contribution in [2.24, 2.45) is 5.92 Å². The number of unbranched alkanes of at least 4 members (excludes halogenated alkanes) is 3. The van der Waals surface area contributed by atoms with E-state index in [1.807, 2.05) is 6.92 Å². The van der Waals surface area contributed by atoms with Gasteiger partial charge in [0, 0.05) is 11.8 Å². The average molecular weight is 537 g/mol. The zero-order valence-corrected chi connectivity index (χ0v) is 22.2. The number of carboxylic acid groups (broad SMARTS) is 1. The van der Waals surface area contributed by atoms with E-state index in [9.17, 15) is 31.9 Å². The maximum atomic E-state index is 14.0. The molecule has 0 aromatic heterocycles. The number of benzene rings is 2. The molecule has 0 amide bonds. The third-order valence-electron chi connectivity index (χ3n) is 6.09. The maximum Gasteiger partial charge on any atom is 0.336 e. The number of carbonyl (C=O) groups is 2. The Labute approximate surface area is 217 Å².